The Morgan fingerprint density at radius 2 is 2.10 bits per heavy atom. The Morgan fingerprint density at radius 1 is 1.38 bits per heavy atom. The smallest absolute Gasteiger partial charge is 0.246 e. The summed E-state index contributed by atoms with van der Waals surface area (Å²) in [5.41, 5.74) is 1.23. The van der Waals surface area contributed by atoms with Crippen LogP contribution in [0.1, 0.15) is 50.9 Å². The first-order valence-corrected chi connectivity index (χ1v) is 9.22. The Labute approximate surface area is 127 Å². The van der Waals surface area contributed by atoms with E-state index in [-0.39, 0.29) is 0 Å². The van der Waals surface area contributed by atoms with Crippen molar-refractivity contribution >= 4 is 10.0 Å². The maximum atomic E-state index is 12.9. The van der Waals surface area contributed by atoms with E-state index in [1.165, 1.54) is 12.8 Å². The van der Waals surface area contributed by atoms with Crippen LogP contribution in [0.25, 0.3) is 0 Å². The van der Waals surface area contributed by atoms with Gasteiger partial charge in [-0.25, -0.2) is 8.42 Å². The fourth-order valence-corrected chi connectivity index (χ4v) is 4.19. The Balaban J connectivity index is 2.22. The van der Waals surface area contributed by atoms with Crippen molar-refractivity contribution < 1.29 is 8.42 Å². The van der Waals surface area contributed by atoms with E-state index >= 15 is 0 Å². The van der Waals surface area contributed by atoms with Gasteiger partial charge >= 0.3 is 0 Å². The molecule has 1 saturated carbocycles. The fraction of sp³-hybridized carbons (Fsp3) is 0.786. The van der Waals surface area contributed by atoms with E-state index in [0.717, 1.165) is 12.8 Å². The third-order valence-corrected chi connectivity index (χ3v) is 5.99. The molecule has 1 aromatic rings. The first-order valence-electron chi connectivity index (χ1n) is 7.78. The number of hydrogen-bond donors (Lipinski definition) is 2. The SMILES string of the molecule is CCCCN(CC)S(=O)(=O)c1c(CNC2CC2)n[nH]c1C. The Bertz CT molecular complexity index is 564. The molecule has 0 aromatic carbocycles. The van der Waals surface area contributed by atoms with E-state index in [1.54, 1.807) is 11.2 Å². The molecule has 0 atom stereocenters. The fourth-order valence-electron chi connectivity index (χ4n) is 2.37. The van der Waals surface area contributed by atoms with E-state index in [4.69, 9.17) is 0 Å². The summed E-state index contributed by atoms with van der Waals surface area (Å²) in [6.07, 6.45) is 4.19. The molecule has 21 heavy (non-hydrogen) atoms. The van der Waals surface area contributed by atoms with Gasteiger partial charge in [0.15, 0.2) is 0 Å². The molecule has 2 N–H and O–H groups in total. The van der Waals surface area contributed by atoms with Gasteiger partial charge in [-0.15, -0.1) is 0 Å². The van der Waals surface area contributed by atoms with Crippen LogP contribution in [0.4, 0.5) is 0 Å². The molecule has 1 aliphatic carbocycles. The minimum Gasteiger partial charge on any atom is -0.308 e. The van der Waals surface area contributed by atoms with Crippen molar-refractivity contribution in [2.45, 2.75) is 63.9 Å². The zero-order valence-corrected chi connectivity index (χ0v) is 14.0. The van der Waals surface area contributed by atoms with Gasteiger partial charge in [0.05, 0.1) is 11.4 Å². The van der Waals surface area contributed by atoms with Crippen molar-refractivity contribution in [3.8, 4) is 0 Å². The average molecular weight is 314 g/mol. The summed E-state index contributed by atoms with van der Waals surface area (Å²) >= 11 is 0. The number of nitrogens with one attached hydrogen (secondary N) is 2. The molecule has 1 fully saturated rings. The number of aryl methyl sites for hydroxylation is 1. The van der Waals surface area contributed by atoms with Gasteiger partial charge in [-0.3, -0.25) is 5.10 Å². The molecular weight excluding hydrogens is 288 g/mol. The second-order valence-corrected chi connectivity index (χ2v) is 7.50. The number of aromatic nitrogens is 2. The monoisotopic (exact) mass is 314 g/mol. The second kappa shape index (κ2) is 6.89. The van der Waals surface area contributed by atoms with Crippen molar-refractivity contribution in [1.29, 1.82) is 0 Å². The van der Waals surface area contributed by atoms with Gasteiger partial charge in [0, 0.05) is 25.7 Å². The summed E-state index contributed by atoms with van der Waals surface area (Å²) in [5, 5.41) is 10.3. The third kappa shape index (κ3) is 3.84. The lowest BCUT2D eigenvalue weighted by Gasteiger charge is -2.20. The average Bonchev–Trinajstić information content (AvgIpc) is 3.19. The number of nitrogens with zero attached hydrogens (tertiary/aromatic N) is 2. The molecule has 1 heterocycles. The van der Waals surface area contributed by atoms with E-state index in [9.17, 15) is 8.42 Å². The van der Waals surface area contributed by atoms with Crippen LogP contribution in [0.5, 0.6) is 0 Å². The van der Waals surface area contributed by atoms with Crippen LogP contribution in [0.3, 0.4) is 0 Å². The number of unbranched alkanes of at least 4 members (excludes halogenated alkanes) is 1. The number of H-pyrrole nitrogens is 1. The Kier molecular flexibility index (Phi) is 5.40. The quantitative estimate of drug-likeness (QED) is 0.728. The Morgan fingerprint density at radius 3 is 2.67 bits per heavy atom. The zero-order valence-electron chi connectivity index (χ0n) is 13.1. The molecule has 2 rings (SSSR count). The van der Waals surface area contributed by atoms with Gasteiger partial charge in [-0.05, 0) is 26.2 Å². The molecule has 1 aromatic heterocycles. The predicted octanol–water partition coefficient (Wildman–Crippen LogP) is 1.78. The molecule has 7 heteroatoms. The van der Waals surface area contributed by atoms with Crippen molar-refractivity contribution in [2.24, 2.45) is 0 Å². The maximum absolute atomic E-state index is 12.9. The number of aromatic amines is 1. The summed E-state index contributed by atoms with van der Waals surface area (Å²) in [5.74, 6) is 0. The summed E-state index contributed by atoms with van der Waals surface area (Å²) < 4.78 is 27.3. The van der Waals surface area contributed by atoms with Gasteiger partial charge in [-0.1, -0.05) is 20.3 Å². The highest BCUT2D eigenvalue weighted by molar-refractivity contribution is 7.89. The summed E-state index contributed by atoms with van der Waals surface area (Å²) in [6, 6.07) is 0.528. The number of rotatable bonds is 9. The van der Waals surface area contributed by atoms with E-state index in [1.807, 2.05) is 6.92 Å². The molecule has 0 unspecified atom stereocenters. The van der Waals surface area contributed by atoms with Gasteiger partial charge in [0.2, 0.25) is 10.0 Å². The first-order chi connectivity index (χ1) is 10.0. The normalized spacial score (nSPS) is 15.8. The van der Waals surface area contributed by atoms with Crippen molar-refractivity contribution in [1.82, 2.24) is 19.8 Å². The minimum atomic E-state index is -3.47. The van der Waals surface area contributed by atoms with E-state index in [2.05, 4.69) is 22.4 Å². The van der Waals surface area contributed by atoms with Crippen LogP contribution in [-0.4, -0.2) is 42.1 Å². The van der Waals surface area contributed by atoms with Gasteiger partial charge in [0.25, 0.3) is 0 Å². The lowest BCUT2D eigenvalue weighted by Crippen LogP contribution is -2.33. The molecule has 0 saturated heterocycles. The minimum absolute atomic E-state index is 0.355. The van der Waals surface area contributed by atoms with Crippen LogP contribution in [0.15, 0.2) is 4.90 Å². The largest absolute Gasteiger partial charge is 0.308 e. The van der Waals surface area contributed by atoms with Gasteiger partial charge in [-0.2, -0.15) is 9.40 Å². The highest BCUT2D eigenvalue weighted by Gasteiger charge is 2.30. The third-order valence-electron chi connectivity index (χ3n) is 3.81. The molecule has 0 aliphatic heterocycles. The predicted molar refractivity (Wildman–Crippen MR) is 82.5 cm³/mol. The lowest BCUT2D eigenvalue weighted by molar-refractivity contribution is 0.418. The van der Waals surface area contributed by atoms with Crippen molar-refractivity contribution in [3.63, 3.8) is 0 Å². The summed E-state index contributed by atoms with van der Waals surface area (Å²) in [6.45, 7) is 7.28. The van der Waals surface area contributed by atoms with Crippen molar-refractivity contribution in [3.05, 3.63) is 11.4 Å². The highest BCUT2D eigenvalue weighted by atomic mass is 32.2. The first kappa shape index (κ1) is 16.5. The zero-order chi connectivity index (χ0) is 15.5. The maximum Gasteiger partial charge on any atom is 0.246 e. The lowest BCUT2D eigenvalue weighted by atomic mass is 10.3. The van der Waals surface area contributed by atoms with Gasteiger partial charge < -0.3 is 5.32 Å². The molecule has 1 aliphatic rings. The molecular formula is C14H26N4O2S. The van der Waals surface area contributed by atoms with Crippen LogP contribution in [0, 0.1) is 6.92 Å². The van der Waals surface area contributed by atoms with Crippen molar-refractivity contribution in [2.75, 3.05) is 13.1 Å². The molecule has 0 bridgehead atoms. The van der Waals surface area contributed by atoms with Crippen LogP contribution in [-0.2, 0) is 16.6 Å². The number of hydrogen-bond acceptors (Lipinski definition) is 4. The van der Waals surface area contributed by atoms with Crippen LogP contribution < -0.4 is 5.32 Å². The highest BCUT2D eigenvalue weighted by Crippen LogP contribution is 2.24. The molecule has 0 spiro atoms. The van der Waals surface area contributed by atoms with E-state index < -0.39 is 10.0 Å². The topological polar surface area (TPSA) is 78.1 Å². The standard InChI is InChI=1S/C14H26N4O2S/c1-4-6-9-18(5-2)21(19,20)14-11(3)16-17-13(14)10-15-12-7-8-12/h12,15H,4-10H2,1-3H3,(H,16,17). The van der Waals surface area contributed by atoms with Crippen LogP contribution >= 0.6 is 0 Å². The second-order valence-electron chi connectivity index (χ2n) is 5.63. The van der Waals surface area contributed by atoms with Crippen LogP contribution in [0.2, 0.25) is 0 Å². The number of sulfonamides is 1. The van der Waals surface area contributed by atoms with E-state index in [0.29, 0.717) is 42.0 Å². The molecule has 120 valence electrons. The molecule has 0 amide bonds. The van der Waals surface area contributed by atoms with Gasteiger partial charge in [0.1, 0.15) is 4.90 Å². The molecule has 0 radical (unpaired) electrons. The Hall–Kier alpha value is -0.920. The summed E-state index contributed by atoms with van der Waals surface area (Å²) in [7, 11) is -3.47. The summed E-state index contributed by atoms with van der Waals surface area (Å²) in [4.78, 5) is 0.355. The molecule has 6 nitrogen and oxygen atoms in total.